The number of nitrogens with one attached hydrogen (secondary N) is 1. The average molecular weight is 404 g/mol. The molecule has 0 saturated heterocycles. The largest absolute Gasteiger partial charge is 0.497 e. The maximum Gasteiger partial charge on any atom is 0.230 e. The summed E-state index contributed by atoms with van der Waals surface area (Å²) in [7, 11) is 1.59. The highest BCUT2D eigenvalue weighted by molar-refractivity contribution is 5.98. The molecule has 30 heavy (non-hydrogen) atoms. The molecular weight excluding hydrogens is 383 g/mol. The summed E-state index contributed by atoms with van der Waals surface area (Å²) in [4.78, 5) is 17.1. The normalized spacial score (nSPS) is 10.9. The highest BCUT2D eigenvalue weighted by Crippen LogP contribution is 2.32. The summed E-state index contributed by atoms with van der Waals surface area (Å²) < 4.78 is 21.0. The number of fused-ring (bicyclic) bond motifs is 1. The zero-order chi connectivity index (χ0) is 21.3. The molecule has 2 aromatic carbocycles. The van der Waals surface area contributed by atoms with Crippen molar-refractivity contribution in [3.05, 3.63) is 77.4 Å². The minimum atomic E-state index is -0.324. The number of aryl methyl sites for hydroxylation is 2. The zero-order valence-electron chi connectivity index (χ0n) is 16.9. The summed E-state index contributed by atoms with van der Waals surface area (Å²) >= 11 is 0. The number of amides is 1. The fourth-order valence-electron chi connectivity index (χ4n) is 3.27. The van der Waals surface area contributed by atoms with Crippen molar-refractivity contribution >= 4 is 17.4 Å². The zero-order valence-corrected chi connectivity index (χ0v) is 16.9. The Hall–Kier alpha value is -3.74. The number of methoxy groups -OCH3 is 1. The van der Waals surface area contributed by atoms with Crippen LogP contribution in [0.1, 0.15) is 16.8 Å². The average Bonchev–Trinajstić information content (AvgIpc) is 3.10. The van der Waals surface area contributed by atoms with Crippen LogP contribution in [0.25, 0.3) is 16.8 Å². The van der Waals surface area contributed by atoms with Gasteiger partial charge in [-0.05, 0) is 54.8 Å². The number of benzene rings is 2. The second-order valence-electron chi connectivity index (χ2n) is 7.08. The molecule has 152 valence electrons. The first-order chi connectivity index (χ1) is 14.5. The van der Waals surface area contributed by atoms with Crippen molar-refractivity contribution in [3.63, 3.8) is 0 Å². The van der Waals surface area contributed by atoms with Crippen LogP contribution in [0.2, 0.25) is 0 Å². The highest BCUT2D eigenvalue weighted by Gasteiger charge is 2.19. The molecule has 1 amide bonds. The molecule has 0 aliphatic carbocycles. The summed E-state index contributed by atoms with van der Waals surface area (Å²) in [6, 6.07) is 14.1. The molecule has 0 fully saturated rings. The van der Waals surface area contributed by atoms with Crippen LogP contribution in [0, 0.1) is 19.7 Å². The molecule has 0 aliphatic rings. The van der Waals surface area contributed by atoms with E-state index in [1.807, 2.05) is 25.1 Å². The van der Waals surface area contributed by atoms with Gasteiger partial charge < -0.3 is 10.1 Å². The van der Waals surface area contributed by atoms with E-state index >= 15 is 0 Å². The van der Waals surface area contributed by atoms with Crippen molar-refractivity contribution in [1.29, 1.82) is 0 Å². The lowest BCUT2D eigenvalue weighted by atomic mass is 10.1. The maximum absolute atomic E-state index is 14.2. The fraction of sp³-hybridized carbons (Fsp3) is 0.174. The molecule has 0 bridgehead atoms. The van der Waals surface area contributed by atoms with Gasteiger partial charge in [-0.25, -0.2) is 13.9 Å². The first-order valence-electron chi connectivity index (χ1n) is 9.50. The van der Waals surface area contributed by atoms with Crippen LogP contribution in [-0.4, -0.2) is 27.6 Å². The maximum atomic E-state index is 14.2. The van der Waals surface area contributed by atoms with E-state index in [-0.39, 0.29) is 18.1 Å². The van der Waals surface area contributed by atoms with Gasteiger partial charge >= 0.3 is 0 Å². The third-order valence-corrected chi connectivity index (χ3v) is 4.95. The van der Waals surface area contributed by atoms with Crippen LogP contribution in [0.15, 0.2) is 54.7 Å². The van der Waals surface area contributed by atoms with E-state index in [1.165, 1.54) is 6.07 Å². The van der Waals surface area contributed by atoms with Crippen LogP contribution < -0.4 is 10.1 Å². The molecule has 0 radical (unpaired) electrons. The molecule has 0 unspecified atom stereocenters. The number of carbonyl (C=O) groups excluding carboxylic acids is 1. The number of rotatable bonds is 5. The van der Waals surface area contributed by atoms with Gasteiger partial charge in [0.15, 0.2) is 11.5 Å². The van der Waals surface area contributed by atoms with E-state index in [0.29, 0.717) is 28.2 Å². The van der Waals surface area contributed by atoms with E-state index in [9.17, 15) is 9.18 Å². The third kappa shape index (κ3) is 3.74. The number of nitrogens with zero attached hydrogens (tertiary/aromatic N) is 3. The van der Waals surface area contributed by atoms with E-state index in [0.717, 1.165) is 17.0 Å². The molecule has 0 saturated carbocycles. The molecule has 7 heteroatoms. The lowest BCUT2D eigenvalue weighted by molar-refractivity contribution is -0.115. The molecule has 2 heterocycles. The van der Waals surface area contributed by atoms with Gasteiger partial charge in [0, 0.05) is 11.9 Å². The Morgan fingerprint density at radius 2 is 1.90 bits per heavy atom. The Bertz CT molecular complexity index is 1230. The van der Waals surface area contributed by atoms with Crippen LogP contribution >= 0.6 is 0 Å². The van der Waals surface area contributed by atoms with Crippen LogP contribution in [0.5, 0.6) is 5.75 Å². The monoisotopic (exact) mass is 404 g/mol. The predicted octanol–water partition coefficient (Wildman–Crippen LogP) is 4.34. The fourth-order valence-corrected chi connectivity index (χ4v) is 3.27. The van der Waals surface area contributed by atoms with Gasteiger partial charge in [0.2, 0.25) is 5.91 Å². The molecule has 1 N–H and O–H groups in total. The third-order valence-electron chi connectivity index (χ3n) is 4.95. The van der Waals surface area contributed by atoms with Crippen LogP contribution in [-0.2, 0) is 11.2 Å². The topological polar surface area (TPSA) is 68.5 Å². The number of anilines is 1. The van der Waals surface area contributed by atoms with Gasteiger partial charge in [0.25, 0.3) is 0 Å². The molecule has 4 rings (SSSR count). The van der Waals surface area contributed by atoms with E-state index in [1.54, 1.807) is 49.0 Å². The van der Waals surface area contributed by atoms with Crippen molar-refractivity contribution in [1.82, 2.24) is 14.6 Å². The summed E-state index contributed by atoms with van der Waals surface area (Å²) in [5, 5.41) is 7.40. The second kappa shape index (κ2) is 7.94. The van der Waals surface area contributed by atoms with Crippen molar-refractivity contribution in [3.8, 4) is 16.9 Å². The van der Waals surface area contributed by atoms with Crippen LogP contribution in [0.4, 0.5) is 10.2 Å². The smallest absolute Gasteiger partial charge is 0.230 e. The molecular formula is C23H21FN4O2. The highest BCUT2D eigenvalue weighted by atomic mass is 19.1. The number of aromatic nitrogens is 3. The minimum Gasteiger partial charge on any atom is -0.497 e. The van der Waals surface area contributed by atoms with Gasteiger partial charge in [-0.15, -0.1) is 5.10 Å². The van der Waals surface area contributed by atoms with Gasteiger partial charge in [-0.2, -0.15) is 0 Å². The van der Waals surface area contributed by atoms with Gasteiger partial charge in [0.05, 0.1) is 19.1 Å². The van der Waals surface area contributed by atoms with Gasteiger partial charge in [0.1, 0.15) is 11.6 Å². The Morgan fingerprint density at radius 3 is 2.60 bits per heavy atom. The molecule has 0 atom stereocenters. The minimum absolute atomic E-state index is 0.173. The number of carbonyl (C=O) groups is 1. The van der Waals surface area contributed by atoms with Gasteiger partial charge in [-0.1, -0.05) is 24.3 Å². The van der Waals surface area contributed by atoms with E-state index < -0.39 is 0 Å². The standard InChI is InChI=1S/C23H21FN4O2/c1-14-4-7-17(13-19(14)24)21-22(27-28-15(2)10-11-25-23(21)28)26-20(29)12-16-5-8-18(30-3)9-6-16/h4-11,13H,12H2,1-3H3,(H,26,27,29). The lowest BCUT2D eigenvalue weighted by Gasteiger charge is -2.07. The molecule has 0 aliphatic heterocycles. The summed E-state index contributed by atoms with van der Waals surface area (Å²) in [5.41, 5.74) is 3.98. The van der Waals surface area contributed by atoms with Crippen LogP contribution in [0.3, 0.4) is 0 Å². The van der Waals surface area contributed by atoms with Crippen molar-refractivity contribution in [2.75, 3.05) is 12.4 Å². The SMILES string of the molecule is COc1ccc(CC(=O)Nc2nn3c(C)ccnc3c2-c2ccc(C)c(F)c2)cc1. The van der Waals surface area contributed by atoms with Crippen molar-refractivity contribution in [2.45, 2.75) is 20.3 Å². The summed E-state index contributed by atoms with van der Waals surface area (Å²) in [5.74, 6) is 0.522. The summed E-state index contributed by atoms with van der Waals surface area (Å²) in [6.07, 6.45) is 1.84. The molecule has 0 spiro atoms. The van der Waals surface area contributed by atoms with Crippen molar-refractivity contribution in [2.24, 2.45) is 0 Å². The Balaban J connectivity index is 1.71. The van der Waals surface area contributed by atoms with E-state index in [2.05, 4.69) is 15.4 Å². The first-order valence-corrected chi connectivity index (χ1v) is 9.50. The summed E-state index contributed by atoms with van der Waals surface area (Å²) in [6.45, 7) is 3.60. The number of hydrogen-bond acceptors (Lipinski definition) is 4. The first kappa shape index (κ1) is 19.6. The molecule has 6 nitrogen and oxygen atoms in total. The van der Waals surface area contributed by atoms with Gasteiger partial charge in [-0.3, -0.25) is 4.79 Å². The molecule has 4 aromatic rings. The number of halogens is 1. The lowest BCUT2D eigenvalue weighted by Crippen LogP contribution is -2.15. The Kier molecular flexibility index (Phi) is 5.18. The Labute approximate surface area is 173 Å². The predicted molar refractivity (Wildman–Crippen MR) is 113 cm³/mol. The number of hydrogen-bond donors (Lipinski definition) is 1. The van der Waals surface area contributed by atoms with E-state index in [4.69, 9.17) is 4.74 Å². The molecule has 2 aromatic heterocycles. The quantitative estimate of drug-likeness (QED) is 0.537. The number of ether oxygens (including phenoxy) is 1. The van der Waals surface area contributed by atoms with Crippen molar-refractivity contribution < 1.29 is 13.9 Å². The second-order valence-corrected chi connectivity index (χ2v) is 7.08. The Morgan fingerprint density at radius 1 is 1.13 bits per heavy atom.